The second-order valence-electron chi connectivity index (χ2n) is 5.28. The smallest absolute Gasteiger partial charge is 0.253 e. The number of carbonyl (C=O) groups excluding carboxylic acids is 2. The molecule has 0 aliphatic heterocycles. The van der Waals surface area contributed by atoms with Crippen molar-refractivity contribution in [2.75, 3.05) is 26.7 Å². The monoisotopic (exact) mass is 364 g/mol. The summed E-state index contributed by atoms with van der Waals surface area (Å²) >= 11 is 5.94. The molecule has 0 aliphatic rings. The summed E-state index contributed by atoms with van der Waals surface area (Å²) in [5, 5.41) is 2.87. The topological polar surface area (TPSA) is 58.6 Å². The van der Waals surface area contributed by atoms with Gasteiger partial charge in [-0.05, 0) is 36.4 Å². The third-order valence-electron chi connectivity index (χ3n) is 3.45. The van der Waals surface area contributed by atoms with E-state index in [1.165, 1.54) is 29.2 Å². The number of ether oxygens (including phenoxy) is 1. The number of nitrogens with zero attached hydrogens (tertiary/aromatic N) is 1. The van der Waals surface area contributed by atoms with Gasteiger partial charge in [0.1, 0.15) is 18.2 Å². The first-order valence-electron chi connectivity index (χ1n) is 7.62. The molecule has 7 heteroatoms. The molecule has 0 saturated heterocycles. The zero-order chi connectivity index (χ0) is 18.2. The van der Waals surface area contributed by atoms with Crippen LogP contribution in [0.3, 0.4) is 0 Å². The van der Waals surface area contributed by atoms with Crippen molar-refractivity contribution in [3.8, 4) is 5.75 Å². The Labute approximate surface area is 150 Å². The van der Waals surface area contributed by atoms with Gasteiger partial charge in [0.05, 0.1) is 23.7 Å². The molecule has 2 aromatic carbocycles. The van der Waals surface area contributed by atoms with Crippen molar-refractivity contribution < 1.29 is 18.7 Å². The molecule has 1 N–H and O–H groups in total. The van der Waals surface area contributed by atoms with Crippen molar-refractivity contribution in [2.24, 2.45) is 0 Å². The molecule has 0 heterocycles. The lowest BCUT2D eigenvalue weighted by Crippen LogP contribution is -2.39. The Morgan fingerprint density at radius 3 is 2.52 bits per heavy atom. The van der Waals surface area contributed by atoms with Crippen molar-refractivity contribution in [3.63, 3.8) is 0 Å². The van der Waals surface area contributed by atoms with Gasteiger partial charge in [-0.25, -0.2) is 4.39 Å². The molecule has 132 valence electrons. The predicted octanol–water partition coefficient (Wildman–Crippen LogP) is 2.75. The summed E-state index contributed by atoms with van der Waals surface area (Å²) in [6.45, 7) is 0.446. The molecule has 2 aromatic rings. The van der Waals surface area contributed by atoms with Gasteiger partial charge >= 0.3 is 0 Å². The fourth-order valence-electron chi connectivity index (χ4n) is 1.99. The normalized spacial score (nSPS) is 10.2. The Morgan fingerprint density at radius 2 is 1.84 bits per heavy atom. The number of amides is 2. The molecule has 5 nitrogen and oxygen atoms in total. The van der Waals surface area contributed by atoms with Crippen LogP contribution in [-0.4, -0.2) is 43.5 Å². The number of hydrogen-bond acceptors (Lipinski definition) is 3. The minimum atomic E-state index is -0.407. The van der Waals surface area contributed by atoms with Crippen LogP contribution in [0.1, 0.15) is 10.4 Å². The molecule has 0 radical (unpaired) electrons. The minimum Gasteiger partial charge on any atom is -0.492 e. The van der Waals surface area contributed by atoms with Gasteiger partial charge in [0.15, 0.2) is 0 Å². The third kappa shape index (κ3) is 5.76. The van der Waals surface area contributed by atoms with Crippen LogP contribution in [0.25, 0.3) is 0 Å². The van der Waals surface area contributed by atoms with E-state index in [2.05, 4.69) is 5.32 Å². The summed E-state index contributed by atoms with van der Waals surface area (Å²) in [6.07, 6.45) is 0. The highest BCUT2D eigenvalue weighted by Crippen LogP contribution is 2.14. The number of benzene rings is 2. The number of nitrogens with one attached hydrogen (secondary N) is 1. The summed E-state index contributed by atoms with van der Waals surface area (Å²) in [5.74, 6) is -0.485. The first kappa shape index (κ1) is 18.7. The first-order chi connectivity index (χ1) is 12.0. The molecule has 2 amide bonds. The van der Waals surface area contributed by atoms with Gasteiger partial charge in [0, 0.05) is 7.05 Å². The van der Waals surface area contributed by atoms with Crippen molar-refractivity contribution >= 4 is 23.4 Å². The molecule has 25 heavy (non-hydrogen) atoms. The van der Waals surface area contributed by atoms with Crippen molar-refractivity contribution in [1.29, 1.82) is 0 Å². The van der Waals surface area contributed by atoms with Crippen LogP contribution in [0.4, 0.5) is 4.39 Å². The number of carbonyl (C=O) groups is 2. The van der Waals surface area contributed by atoms with E-state index in [9.17, 15) is 14.0 Å². The lowest BCUT2D eigenvalue weighted by molar-refractivity contribution is -0.129. The van der Waals surface area contributed by atoms with Crippen molar-refractivity contribution in [2.45, 2.75) is 0 Å². The van der Waals surface area contributed by atoms with E-state index < -0.39 is 5.91 Å². The molecule has 0 bridgehead atoms. The average Bonchev–Trinajstić information content (AvgIpc) is 2.61. The van der Waals surface area contributed by atoms with Gasteiger partial charge in [0.2, 0.25) is 5.91 Å². The second kappa shape index (κ2) is 9.03. The molecule has 0 atom stereocenters. The zero-order valence-corrected chi connectivity index (χ0v) is 14.4. The number of rotatable bonds is 7. The van der Waals surface area contributed by atoms with Gasteiger partial charge < -0.3 is 15.0 Å². The fourth-order valence-corrected chi connectivity index (χ4v) is 2.21. The molecular weight excluding hydrogens is 347 g/mol. The summed E-state index contributed by atoms with van der Waals surface area (Å²) in [5.41, 5.74) is 0.319. The van der Waals surface area contributed by atoms with Crippen LogP contribution in [0.15, 0.2) is 48.5 Å². The predicted molar refractivity (Wildman–Crippen MR) is 93.3 cm³/mol. The van der Waals surface area contributed by atoms with Crippen molar-refractivity contribution in [3.05, 3.63) is 64.9 Å². The van der Waals surface area contributed by atoms with Crippen LogP contribution in [0.2, 0.25) is 5.02 Å². The molecule has 0 spiro atoms. The molecule has 0 saturated carbocycles. The standard InChI is InChI=1S/C18H18ClFN2O3/c1-22(10-11-25-14-8-6-13(20)7-9-14)17(23)12-21-18(24)15-4-2-3-5-16(15)19/h2-9H,10-12H2,1H3,(H,21,24). The highest BCUT2D eigenvalue weighted by atomic mass is 35.5. The van der Waals surface area contributed by atoms with Crippen LogP contribution < -0.4 is 10.1 Å². The highest BCUT2D eigenvalue weighted by Gasteiger charge is 2.13. The number of likely N-dealkylation sites (N-methyl/N-ethyl adjacent to an activating group) is 1. The van der Waals surface area contributed by atoms with Gasteiger partial charge in [-0.15, -0.1) is 0 Å². The Bertz CT molecular complexity index is 737. The molecular formula is C18H18ClFN2O3. The third-order valence-corrected chi connectivity index (χ3v) is 3.78. The Balaban J connectivity index is 1.73. The maximum Gasteiger partial charge on any atom is 0.253 e. The van der Waals surface area contributed by atoms with Crippen LogP contribution in [0.5, 0.6) is 5.75 Å². The van der Waals surface area contributed by atoms with E-state index in [-0.39, 0.29) is 24.9 Å². The van der Waals surface area contributed by atoms with Gasteiger partial charge in [0.25, 0.3) is 5.91 Å². The van der Waals surface area contributed by atoms with E-state index in [0.717, 1.165) is 0 Å². The van der Waals surface area contributed by atoms with E-state index >= 15 is 0 Å². The molecule has 0 fully saturated rings. The Morgan fingerprint density at radius 1 is 1.16 bits per heavy atom. The molecule has 0 unspecified atom stereocenters. The van der Waals surface area contributed by atoms with Crippen LogP contribution in [-0.2, 0) is 4.79 Å². The minimum absolute atomic E-state index is 0.142. The molecule has 0 aliphatic carbocycles. The summed E-state index contributed by atoms with van der Waals surface area (Å²) in [6, 6.07) is 12.2. The number of hydrogen-bond donors (Lipinski definition) is 1. The highest BCUT2D eigenvalue weighted by molar-refractivity contribution is 6.33. The summed E-state index contributed by atoms with van der Waals surface area (Å²) < 4.78 is 18.2. The van der Waals surface area contributed by atoms with Crippen molar-refractivity contribution in [1.82, 2.24) is 10.2 Å². The van der Waals surface area contributed by atoms with E-state index in [1.54, 1.807) is 31.3 Å². The second-order valence-corrected chi connectivity index (χ2v) is 5.69. The fraction of sp³-hybridized carbons (Fsp3) is 0.222. The Kier molecular flexibility index (Phi) is 6.77. The van der Waals surface area contributed by atoms with Crippen LogP contribution in [0, 0.1) is 5.82 Å². The maximum atomic E-state index is 12.8. The zero-order valence-electron chi connectivity index (χ0n) is 13.7. The lowest BCUT2D eigenvalue weighted by Gasteiger charge is -2.18. The van der Waals surface area contributed by atoms with Gasteiger partial charge in [-0.2, -0.15) is 0 Å². The quantitative estimate of drug-likeness (QED) is 0.821. The van der Waals surface area contributed by atoms with E-state index in [4.69, 9.17) is 16.3 Å². The van der Waals surface area contributed by atoms with Gasteiger partial charge in [-0.1, -0.05) is 23.7 Å². The van der Waals surface area contributed by atoms with Crippen LogP contribution >= 0.6 is 11.6 Å². The SMILES string of the molecule is CN(CCOc1ccc(F)cc1)C(=O)CNC(=O)c1ccccc1Cl. The molecule has 2 rings (SSSR count). The lowest BCUT2D eigenvalue weighted by atomic mass is 10.2. The Hall–Kier alpha value is -2.60. The first-order valence-corrected chi connectivity index (χ1v) is 8.00. The largest absolute Gasteiger partial charge is 0.492 e. The van der Waals surface area contributed by atoms with E-state index in [1.807, 2.05) is 0 Å². The van der Waals surface area contributed by atoms with E-state index in [0.29, 0.717) is 22.9 Å². The number of halogens is 2. The summed E-state index contributed by atoms with van der Waals surface area (Å²) in [4.78, 5) is 25.5. The summed E-state index contributed by atoms with van der Waals surface area (Å²) in [7, 11) is 1.61. The maximum absolute atomic E-state index is 12.8. The molecule has 0 aromatic heterocycles. The van der Waals surface area contributed by atoms with Gasteiger partial charge in [-0.3, -0.25) is 9.59 Å². The average molecular weight is 365 g/mol.